The number of esters is 1. The fourth-order valence-electron chi connectivity index (χ4n) is 3.37. The van der Waals surface area contributed by atoms with Gasteiger partial charge in [0.1, 0.15) is 5.00 Å². The molecule has 1 N–H and O–H groups in total. The van der Waals surface area contributed by atoms with E-state index in [4.69, 9.17) is 4.74 Å². The maximum atomic E-state index is 12.6. The van der Waals surface area contributed by atoms with Crippen LogP contribution in [0.25, 0.3) is 11.4 Å². The number of hydrogen-bond donors (Lipinski definition) is 1. The minimum atomic E-state index is -0.451. The zero-order chi connectivity index (χ0) is 24.3. The van der Waals surface area contributed by atoms with Gasteiger partial charge in [-0.1, -0.05) is 56.8 Å². The van der Waals surface area contributed by atoms with Gasteiger partial charge in [0, 0.05) is 17.0 Å². The third-order valence-electron chi connectivity index (χ3n) is 5.40. The largest absolute Gasteiger partial charge is 0.465 e. The Balaban J connectivity index is 1.73. The van der Waals surface area contributed by atoms with Crippen LogP contribution < -0.4 is 5.32 Å². The quantitative estimate of drug-likeness (QED) is 0.353. The second-order valence-corrected chi connectivity index (χ2v) is 10.9. The molecule has 1 amide bonds. The second-order valence-electron chi connectivity index (χ2n) is 8.69. The topological polar surface area (TPSA) is 86.1 Å². The summed E-state index contributed by atoms with van der Waals surface area (Å²) in [5.41, 5.74) is 3.56. The van der Waals surface area contributed by atoms with Crippen LogP contribution in [0.2, 0.25) is 0 Å². The summed E-state index contributed by atoms with van der Waals surface area (Å²) in [5, 5.41) is 12.7. The second kappa shape index (κ2) is 10.1. The number of carbonyl (C=O) groups is 2. The number of methoxy groups -OCH3 is 1. The van der Waals surface area contributed by atoms with E-state index in [-0.39, 0.29) is 17.1 Å². The lowest BCUT2D eigenvalue weighted by molar-refractivity contribution is -0.113. The van der Waals surface area contributed by atoms with Crippen molar-refractivity contribution in [3.05, 3.63) is 45.8 Å². The minimum Gasteiger partial charge on any atom is -0.465 e. The van der Waals surface area contributed by atoms with E-state index in [0.29, 0.717) is 22.3 Å². The number of rotatable bonds is 7. The van der Waals surface area contributed by atoms with Crippen LogP contribution in [0.15, 0.2) is 29.4 Å². The third-order valence-corrected chi connectivity index (χ3v) is 7.49. The van der Waals surface area contributed by atoms with Gasteiger partial charge >= 0.3 is 5.97 Å². The number of ether oxygens (including phenoxy) is 1. The first-order valence-corrected chi connectivity index (χ1v) is 12.5. The number of aryl methyl sites for hydroxylation is 1. The van der Waals surface area contributed by atoms with Gasteiger partial charge in [0.15, 0.2) is 11.0 Å². The van der Waals surface area contributed by atoms with E-state index in [1.165, 1.54) is 35.8 Å². The molecule has 7 nitrogen and oxygen atoms in total. The van der Waals surface area contributed by atoms with Crippen LogP contribution in [-0.2, 0) is 21.5 Å². The molecule has 176 valence electrons. The van der Waals surface area contributed by atoms with Crippen LogP contribution in [0, 0.1) is 13.8 Å². The van der Waals surface area contributed by atoms with Gasteiger partial charge in [-0.3, -0.25) is 4.79 Å². The molecule has 3 aromatic rings. The summed E-state index contributed by atoms with van der Waals surface area (Å²) >= 11 is 2.69. The highest BCUT2D eigenvalue weighted by molar-refractivity contribution is 7.99. The highest BCUT2D eigenvalue weighted by atomic mass is 32.2. The Bertz CT molecular complexity index is 1160. The highest BCUT2D eigenvalue weighted by Gasteiger charge is 2.22. The summed E-state index contributed by atoms with van der Waals surface area (Å²) in [7, 11) is 1.34. The molecule has 0 saturated heterocycles. The lowest BCUT2D eigenvalue weighted by atomic mass is 9.87. The molecule has 0 aliphatic heterocycles. The molecule has 3 rings (SSSR count). The lowest BCUT2D eigenvalue weighted by Crippen LogP contribution is -2.16. The van der Waals surface area contributed by atoms with E-state index in [0.717, 1.165) is 21.8 Å². The number of amides is 1. The van der Waals surface area contributed by atoms with Crippen LogP contribution in [0.5, 0.6) is 0 Å². The molecule has 0 fully saturated rings. The fourth-order valence-corrected chi connectivity index (χ4v) is 5.24. The van der Waals surface area contributed by atoms with Crippen molar-refractivity contribution in [3.63, 3.8) is 0 Å². The summed E-state index contributed by atoms with van der Waals surface area (Å²) in [6.45, 7) is 13.0. The van der Waals surface area contributed by atoms with Crippen molar-refractivity contribution in [2.75, 3.05) is 18.2 Å². The Morgan fingerprint density at radius 2 is 1.82 bits per heavy atom. The summed E-state index contributed by atoms with van der Waals surface area (Å²) in [6, 6.07) is 8.36. The van der Waals surface area contributed by atoms with Gasteiger partial charge in [0.2, 0.25) is 5.91 Å². The number of thioether (sulfide) groups is 1. The molecule has 0 radical (unpaired) electrons. The summed E-state index contributed by atoms with van der Waals surface area (Å²) in [6.07, 6.45) is 0. The number of aromatic nitrogens is 3. The Morgan fingerprint density at radius 1 is 1.15 bits per heavy atom. The van der Waals surface area contributed by atoms with Crippen molar-refractivity contribution < 1.29 is 14.3 Å². The lowest BCUT2D eigenvalue weighted by Gasteiger charge is -2.19. The van der Waals surface area contributed by atoms with E-state index >= 15 is 0 Å². The predicted octanol–water partition coefficient (Wildman–Crippen LogP) is 5.46. The highest BCUT2D eigenvalue weighted by Crippen LogP contribution is 2.33. The monoisotopic (exact) mass is 486 g/mol. The number of hydrogen-bond acceptors (Lipinski definition) is 7. The SMILES string of the molecule is CCn1c(SCC(=O)Nc2sc(C)c(C)c2C(=O)OC)nnc1-c1ccc(C(C)(C)C)cc1. The molecule has 0 aliphatic rings. The molecule has 9 heteroatoms. The maximum absolute atomic E-state index is 12.6. The Labute approximate surface area is 203 Å². The number of nitrogens with one attached hydrogen (secondary N) is 1. The number of thiophene rings is 1. The van der Waals surface area contributed by atoms with Gasteiger partial charge in [0.05, 0.1) is 18.4 Å². The van der Waals surface area contributed by atoms with Crippen molar-refractivity contribution in [2.24, 2.45) is 0 Å². The van der Waals surface area contributed by atoms with E-state index < -0.39 is 5.97 Å². The molecule has 33 heavy (non-hydrogen) atoms. The van der Waals surface area contributed by atoms with Gasteiger partial charge in [-0.25, -0.2) is 4.79 Å². The van der Waals surface area contributed by atoms with Crippen LogP contribution in [-0.4, -0.2) is 39.5 Å². The van der Waals surface area contributed by atoms with Crippen molar-refractivity contribution in [1.29, 1.82) is 0 Å². The normalized spacial score (nSPS) is 11.5. The summed E-state index contributed by atoms with van der Waals surface area (Å²) in [4.78, 5) is 25.7. The number of benzene rings is 1. The van der Waals surface area contributed by atoms with Crippen LogP contribution in [0.3, 0.4) is 0 Å². The van der Waals surface area contributed by atoms with Gasteiger partial charge in [-0.15, -0.1) is 21.5 Å². The first kappa shape index (κ1) is 25.0. The molecule has 0 aliphatic carbocycles. The number of nitrogens with zero attached hydrogens (tertiary/aromatic N) is 3. The maximum Gasteiger partial charge on any atom is 0.341 e. The molecular weight excluding hydrogens is 456 g/mol. The Kier molecular flexibility index (Phi) is 7.64. The molecule has 0 atom stereocenters. The molecule has 0 spiro atoms. The van der Waals surface area contributed by atoms with Crippen molar-refractivity contribution >= 4 is 40.0 Å². The zero-order valence-electron chi connectivity index (χ0n) is 20.1. The van der Waals surface area contributed by atoms with E-state index in [1.807, 2.05) is 25.3 Å². The number of anilines is 1. The molecule has 0 saturated carbocycles. The van der Waals surface area contributed by atoms with Gasteiger partial charge in [0.25, 0.3) is 0 Å². The first-order chi connectivity index (χ1) is 15.6. The molecule has 0 unspecified atom stereocenters. The average Bonchev–Trinajstić information content (AvgIpc) is 3.31. The van der Waals surface area contributed by atoms with Crippen molar-refractivity contribution in [1.82, 2.24) is 14.8 Å². The minimum absolute atomic E-state index is 0.0821. The Morgan fingerprint density at radius 3 is 2.39 bits per heavy atom. The summed E-state index contributed by atoms with van der Waals surface area (Å²) in [5.74, 6) is 0.261. The average molecular weight is 487 g/mol. The molecular formula is C24H30N4O3S2. The van der Waals surface area contributed by atoms with E-state index in [2.05, 4.69) is 60.6 Å². The number of carbonyl (C=O) groups excluding carboxylic acids is 2. The molecule has 1 aromatic carbocycles. The van der Waals surface area contributed by atoms with Crippen molar-refractivity contribution in [2.45, 2.75) is 58.7 Å². The first-order valence-electron chi connectivity index (χ1n) is 10.7. The van der Waals surface area contributed by atoms with Crippen LogP contribution in [0.1, 0.15) is 54.1 Å². The molecule has 2 aromatic heterocycles. The van der Waals surface area contributed by atoms with Crippen LogP contribution in [0.4, 0.5) is 5.00 Å². The van der Waals surface area contributed by atoms with E-state index in [9.17, 15) is 9.59 Å². The van der Waals surface area contributed by atoms with Gasteiger partial charge < -0.3 is 14.6 Å². The molecule has 0 bridgehead atoms. The molecule has 2 heterocycles. The predicted molar refractivity (Wildman–Crippen MR) is 134 cm³/mol. The van der Waals surface area contributed by atoms with E-state index in [1.54, 1.807) is 0 Å². The van der Waals surface area contributed by atoms with Crippen molar-refractivity contribution in [3.8, 4) is 11.4 Å². The van der Waals surface area contributed by atoms with Gasteiger partial charge in [-0.05, 0) is 37.3 Å². The van der Waals surface area contributed by atoms with Gasteiger partial charge in [-0.2, -0.15) is 0 Å². The van der Waals surface area contributed by atoms with Crippen LogP contribution >= 0.6 is 23.1 Å². The smallest absolute Gasteiger partial charge is 0.341 e. The summed E-state index contributed by atoms with van der Waals surface area (Å²) < 4.78 is 6.88. The Hall–Kier alpha value is -2.65. The standard InChI is InChI=1S/C24H30N4O3S2/c1-8-28-20(16-9-11-17(12-10-16)24(4,5)6)26-27-23(28)32-13-18(29)25-21-19(22(30)31-7)14(2)15(3)33-21/h9-12H,8,13H2,1-7H3,(H,25,29). The third kappa shape index (κ3) is 5.47. The zero-order valence-corrected chi connectivity index (χ0v) is 21.7. The fraction of sp³-hybridized carbons (Fsp3) is 0.417.